The van der Waals surface area contributed by atoms with E-state index in [4.69, 9.17) is 16.3 Å². The number of nitrogens with zero attached hydrogens (tertiary/aromatic N) is 5. The summed E-state index contributed by atoms with van der Waals surface area (Å²) >= 11 is 6.33. The Morgan fingerprint density at radius 3 is 2.80 bits per heavy atom. The molecule has 0 bridgehead atoms. The molecule has 1 aromatic carbocycles. The van der Waals surface area contributed by atoms with Crippen molar-refractivity contribution in [3.63, 3.8) is 0 Å². The van der Waals surface area contributed by atoms with Crippen molar-refractivity contribution in [3.05, 3.63) is 57.2 Å². The summed E-state index contributed by atoms with van der Waals surface area (Å²) in [6.07, 6.45) is 0.979. The number of likely N-dealkylation sites (tertiary alicyclic amines) is 1. The minimum absolute atomic E-state index is 0.0184. The third kappa shape index (κ3) is 4.05. The van der Waals surface area contributed by atoms with Gasteiger partial charge in [-0.1, -0.05) is 18.5 Å². The monoisotopic (exact) mass is 501 g/mol. The van der Waals surface area contributed by atoms with Crippen LogP contribution in [0.5, 0.6) is 5.75 Å². The molecule has 0 saturated carbocycles. The molecular weight excluding hydrogens is 473 g/mol. The topological polar surface area (TPSA) is 83.2 Å². The maximum Gasteiger partial charge on any atom is 0.258 e. The number of likely N-dealkylation sites (N-methyl/N-ethyl adjacent to an activating group) is 1. The van der Waals surface area contributed by atoms with Gasteiger partial charge >= 0.3 is 0 Å². The summed E-state index contributed by atoms with van der Waals surface area (Å²) in [7, 11) is 1.96. The van der Waals surface area contributed by atoms with Crippen molar-refractivity contribution in [1.82, 2.24) is 24.4 Å². The minimum atomic E-state index is -0.475. The summed E-state index contributed by atoms with van der Waals surface area (Å²) in [6.45, 7) is 6.69. The number of aryl methyl sites for hydroxylation is 2. The van der Waals surface area contributed by atoms with Crippen LogP contribution in [0, 0.1) is 19.7 Å². The summed E-state index contributed by atoms with van der Waals surface area (Å²) in [5.41, 5.74) is 4.17. The van der Waals surface area contributed by atoms with Crippen molar-refractivity contribution in [2.24, 2.45) is 0 Å². The molecule has 5 rings (SSSR count). The van der Waals surface area contributed by atoms with Crippen molar-refractivity contribution in [2.75, 3.05) is 13.7 Å². The number of ether oxygens (including phenoxy) is 1. The van der Waals surface area contributed by atoms with Gasteiger partial charge in [0.15, 0.2) is 5.65 Å². The van der Waals surface area contributed by atoms with E-state index < -0.39 is 11.9 Å². The zero-order valence-electron chi connectivity index (χ0n) is 20.3. The molecule has 3 unspecified atom stereocenters. The van der Waals surface area contributed by atoms with Gasteiger partial charge in [-0.25, -0.2) is 13.9 Å². The lowest BCUT2D eigenvalue weighted by Crippen LogP contribution is -2.37. The lowest BCUT2D eigenvalue weighted by Gasteiger charge is -2.26. The average molecular weight is 502 g/mol. The van der Waals surface area contributed by atoms with Gasteiger partial charge in [-0.2, -0.15) is 5.10 Å². The number of hydrogen-bond donors (Lipinski definition) is 1. The second kappa shape index (κ2) is 9.04. The van der Waals surface area contributed by atoms with Gasteiger partial charge in [0.2, 0.25) is 0 Å². The third-order valence-electron chi connectivity index (χ3n) is 7.32. The van der Waals surface area contributed by atoms with Gasteiger partial charge in [0.25, 0.3) is 5.91 Å². The Bertz CT molecular complexity index is 1310. The van der Waals surface area contributed by atoms with E-state index in [-0.39, 0.29) is 30.3 Å². The Morgan fingerprint density at radius 2 is 2.09 bits per heavy atom. The number of fused-ring (bicyclic) bond motifs is 3. The first-order chi connectivity index (χ1) is 16.7. The summed E-state index contributed by atoms with van der Waals surface area (Å²) in [4.78, 5) is 21.8. The van der Waals surface area contributed by atoms with E-state index in [0.29, 0.717) is 41.4 Å². The van der Waals surface area contributed by atoms with E-state index in [9.17, 15) is 14.3 Å². The third-order valence-corrected chi connectivity index (χ3v) is 7.87. The molecule has 0 aliphatic carbocycles. The number of amides is 1. The quantitative estimate of drug-likeness (QED) is 0.576. The lowest BCUT2D eigenvalue weighted by molar-refractivity contribution is 0.0743. The number of aliphatic hydroxyl groups excluding tert-OH is 1. The van der Waals surface area contributed by atoms with Crippen molar-refractivity contribution in [2.45, 2.75) is 64.9 Å². The van der Waals surface area contributed by atoms with Gasteiger partial charge in [-0.3, -0.25) is 9.69 Å². The van der Waals surface area contributed by atoms with E-state index in [1.165, 1.54) is 18.2 Å². The molecule has 35 heavy (non-hydrogen) atoms. The molecule has 1 N–H and O–H groups in total. The Labute approximate surface area is 208 Å². The number of aromatic nitrogens is 3. The first-order valence-electron chi connectivity index (χ1n) is 11.8. The molecule has 10 heteroatoms. The fourth-order valence-corrected chi connectivity index (χ4v) is 5.42. The summed E-state index contributed by atoms with van der Waals surface area (Å²) < 4.78 is 21.8. The van der Waals surface area contributed by atoms with Gasteiger partial charge in [-0.05, 0) is 45.9 Å². The number of carbonyl (C=O) groups excluding carboxylic acids is 1. The Balaban J connectivity index is 1.36. The van der Waals surface area contributed by atoms with Gasteiger partial charge in [0, 0.05) is 23.7 Å². The van der Waals surface area contributed by atoms with Gasteiger partial charge < -0.3 is 14.7 Å². The van der Waals surface area contributed by atoms with E-state index in [1.54, 1.807) is 9.42 Å². The second-order valence-corrected chi connectivity index (χ2v) is 9.85. The van der Waals surface area contributed by atoms with Crippen molar-refractivity contribution >= 4 is 23.2 Å². The van der Waals surface area contributed by atoms with Crippen LogP contribution in [0.4, 0.5) is 4.39 Å². The molecule has 4 heterocycles. The van der Waals surface area contributed by atoms with Crippen molar-refractivity contribution < 1.29 is 19.0 Å². The van der Waals surface area contributed by atoms with Crippen LogP contribution in [-0.4, -0.2) is 67.3 Å². The highest BCUT2D eigenvalue weighted by Gasteiger charge is 2.37. The number of aliphatic hydroxyl groups is 1. The standard InChI is InChI=1S/C25H29ClFN5O3/c1-5-20-21(33)9-16(30(20)4)12-35-22-8-15(27)6-7-17(22)25(34)31-10-18-19(11-31)29-32-14(3)23(26)13(2)28-24(18)32/h6-8,16,20-21,33H,5,9-12H2,1-4H3. The fraction of sp³-hybridized carbons (Fsp3) is 0.480. The molecule has 1 amide bonds. The van der Waals surface area contributed by atoms with Crippen LogP contribution < -0.4 is 4.74 Å². The van der Waals surface area contributed by atoms with E-state index >= 15 is 0 Å². The van der Waals surface area contributed by atoms with Crippen molar-refractivity contribution in [1.29, 1.82) is 0 Å². The number of carbonyl (C=O) groups is 1. The molecule has 2 aliphatic heterocycles. The van der Waals surface area contributed by atoms with Gasteiger partial charge in [-0.15, -0.1) is 0 Å². The van der Waals surface area contributed by atoms with Crippen LogP contribution in [0.15, 0.2) is 18.2 Å². The number of rotatable bonds is 5. The smallest absolute Gasteiger partial charge is 0.258 e. The van der Waals surface area contributed by atoms with Crippen LogP contribution in [0.25, 0.3) is 5.65 Å². The van der Waals surface area contributed by atoms with Gasteiger partial charge in [0.1, 0.15) is 18.2 Å². The Kier molecular flexibility index (Phi) is 6.19. The normalized spacial score (nSPS) is 22.3. The van der Waals surface area contributed by atoms with Gasteiger partial charge in [0.05, 0.1) is 46.9 Å². The maximum atomic E-state index is 14.1. The molecule has 2 aromatic heterocycles. The molecule has 2 aliphatic rings. The molecular formula is C25H29ClFN5O3. The van der Waals surface area contributed by atoms with Crippen LogP contribution >= 0.6 is 11.6 Å². The molecule has 3 aromatic rings. The predicted octanol–water partition coefficient (Wildman–Crippen LogP) is 3.52. The fourth-order valence-electron chi connectivity index (χ4n) is 5.30. The number of benzene rings is 1. The van der Waals surface area contributed by atoms with E-state index in [2.05, 4.69) is 15.0 Å². The van der Waals surface area contributed by atoms with Crippen LogP contribution in [0.2, 0.25) is 5.02 Å². The highest BCUT2D eigenvalue weighted by Crippen LogP contribution is 2.32. The zero-order valence-corrected chi connectivity index (χ0v) is 21.0. The Morgan fingerprint density at radius 1 is 1.31 bits per heavy atom. The molecule has 0 radical (unpaired) electrons. The van der Waals surface area contributed by atoms with Crippen LogP contribution in [0.3, 0.4) is 0 Å². The highest BCUT2D eigenvalue weighted by molar-refractivity contribution is 6.31. The first-order valence-corrected chi connectivity index (χ1v) is 12.2. The molecule has 1 saturated heterocycles. The lowest BCUT2D eigenvalue weighted by atomic mass is 10.1. The zero-order chi connectivity index (χ0) is 25.0. The van der Waals surface area contributed by atoms with Crippen molar-refractivity contribution in [3.8, 4) is 5.75 Å². The number of hydrogen-bond acceptors (Lipinski definition) is 6. The summed E-state index contributed by atoms with van der Waals surface area (Å²) in [5.74, 6) is -0.532. The Hall–Kier alpha value is -2.75. The van der Waals surface area contributed by atoms with E-state index in [1.807, 2.05) is 27.8 Å². The first kappa shape index (κ1) is 24.0. The highest BCUT2D eigenvalue weighted by atomic mass is 35.5. The van der Waals surface area contributed by atoms with E-state index in [0.717, 1.165) is 23.4 Å². The molecule has 8 nitrogen and oxygen atoms in total. The molecule has 186 valence electrons. The minimum Gasteiger partial charge on any atom is -0.491 e. The molecule has 1 fully saturated rings. The number of halogens is 2. The molecule has 3 atom stereocenters. The summed E-state index contributed by atoms with van der Waals surface area (Å²) in [6, 6.07) is 4.02. The molecule has 0 spiro atoms. The predicted molar refractivity (Wildman–Crippen MR) is 129 cm³/mol. The van der Waals surface area contributed by atoms with Crippen LogP contribution in [-0.2, 0) is 13.1 Å². The largest absolute Gasteiger partial charge is 0.491 e. The van der Waals surface area contributed by atoms with Crippen LogP contribution in [0.1, 0.15) is 52.8 Å². The summed E-state index contributed by atoms with van der Waals surface area (Å²) in [5, 5.41) is 15.5. The second-order valence-electron chi connectivity index (χ2n) is 9.47. The SMILES string of the molecule is CCC1C(O)CC(COc2cc(F)ccc2C(=O)N2Cc3nn4c(C)c(Cl)c(C)nc4c3C2)N1C. The average Bonchev–Trinajstić information content (AvgIpc) is 3.47. The maximum absolute atomic E-state index is 14.1.